The van der Waals surface area contributed by atoms with Crippen molar-refractivity contribution in [2.24, 2.45) is 5.16 Å². The van der Waals surface area contributed by atoms with E-state index in [1.807, 2.05) is 19.1 Å². The van der Waals surface area contributed by atoms with Gasteiger partial charge in [0.15, 0.2) is 5.17 Å². The molecule has 0 bridgehead atoms. The molecule has 82 valence electrons. The van der Waals surface area contributed by atoms with Gasteiger partial charge < -0.3 is 5.21 Å². The van der Waals surface area contributed by atoms with Gasteiger partial charge in [0.1, 0.15) is 12.7 Å². The van der Waals surface area contributed by atoms with Crippen molar-refractivity contribution in [3.63, 3.8) is 0 Å². The molecule has 1 aromatic heterocycles. The molecule has 0 unspecified atom stereocenters. The second-order valence-electron chi connectivity index (χ2n) is 3.23. The summed E-state index contributed by atoms with van der Waals surface area (Å²) >= 11 is 5.71. The number of hydrogen-bond acceptors (Lipinski definition) is 4. The van der Waals surface area contributed by atoms with Gasteiger partial charge in [-0.2, -0.15) is 5.10 Å². The Balaban J connectivity index is 2.45. The Morgan fingerprint density at radius 2 is 2.31 bits per heavy atom. The second-order valence-corrected chi connectivity index (χ2v) is 3.59. The number of nitrogens with zero attached hydrogens (tertiary/aromatic N) is 4. The van der Waals surface area contributed by atoms with E-state index in [1.54, 1.807) is 17.1 Å². The molecule has 0 spiro atoms. The highest BCUT2D eigenvalue weighted by Crippen LogP contribution is 2.16. The molecule has 5 nitrogen and oxygen atoms in total. The van der Waals surface area contributed by atoms with Gasteiger partial charge in [0.2, 0.25) is 0 Å². The van der Waals surface area contributed by atoms with Crippen LogP contribution in [-0.4, -0.2) is 25.1 Å². The zero-order valence-corrected chi connectivity index (χ0v) is 9.26. The second kappa shape index (κ2) is 4.32. The third-order valence-electron chi connectivity index (χ3n) is 2.19. The minimum Gasteiger partial charge on any atom is -0.410 e. The normalized spacial score (nSPS) is 11.8. The molecular formula is C10H9ClN4O. The van der Waals surface area contributed by atoms with Crippen molar-refractivity contribution in [2.45, 2.75) is 6.92 Å². The minimum absolute atomic E-state index is 0.0632. The van der Waals surface area contributed by atoms with Crippen molar-refractivity contribution < 1.29 is 5.21 Å². The molecular weight excluding hydrogens is 228 g/mol. The first-order valence-corrected chi connectivity index (χ1v) is 4.93. The first-order valence-electron chi connectivity index (χ1n) is 4.56. The van der Waals surface area contributed by atoms with Gasteiger partial charge in [-0.15, -0.1) is 0 Å². The van der Waals surface area contributed by atoms with E-state index >= 15 is 0 Å². The molecule has 1 heterocycles. The molecule has 16 heavy (non-hydrogen) atoms. The van der Waals surface area contributed by atoms with E-state index in [-0.39, 0.29) is 5.17 Å². The summed E-state index contributed by atoms with van der Waals surface area (Å²) in [6.07, 6.45) is 3.08. The predicted octanol–water partition coefficient (Wildman–Crippen LogP) is 1.95. The molecule has 0 atom stereocenters. The van der Waals surface area contributed by atoms with Gasteiger partial charge >= 0.3 is 0 Å². The molecule has 0 aliphatic heterocycles. The number of aryl methyl sites for hydroxylation is 1. The number of aromatic nitrogens is 3. The molecule has 0 saturated carbocycles. The van der Waals surface area contributed by atoms with Crippen LogP contribution in [0.5, 0.6) is 0 Å². The average molecular weight is 237 g/mol. The monoisotopic (exact) mass is 236 g/mol. The van der Waals surface area contributed by atoms with Gasteiger partial charge in [-0.05, 0) is 30.7 Å². The van der Waals surface area contributed by atoms with Crippen LogP contribution in [0.15, 0.2) is 36.0 Å². The summed E-state index contributed by atoms with van der Waals surface area (Å²) < 4.78 is 1.66. The lowest BCUT2D eigenvalue weighted by molar-refractivity contribution is 0.321. The van der Waals surface area contributed by atoms with E-state index in [1.165, 1.54) is 6.33 Å². The van der Waals surface area contributed by atoms with Crippen LogP contribution in [0.2, 0.25) is 0 Å². The molecule has 2 rings (SSSR count). The van der Waals surface area contributed by atoms with E-state index in [0.717, 1.165) is 11.3 Å². The van der Waals surface area contributed by atoms with E-state index in [0.29, 0.717) is 5.56 Å². The van der Waals surface area contributed by atoms with Crippen molar-refractivity contribution in [1.82, 2.24) is 14.8 Å². The van der Waals surface area contributed by atoms with Crippen LogP contribution in [0.4, 0.5) is 0 Å². The van der Waals surface area contributed by atoms with Crippen LogP contribution in [0, 0.1) is 6.92 Å². The highest BCUT2D eigenvalue weighted by atomic mass is 35.5. The molecule has 0 fully saturated rings. The summed E-state index contributed by atoms with van der Waals surface area (Å²) in [7, 11) is 0. The largest absolute Gasteiger partial charge is 0.410 e. The standard InChI is InChI=1S/C10H9ClN4O/c1-7-4-8(10(11)14-16)2-3-9(7)15-6-12-5-13-15/h2-6,16H,1H3/b14-10-. The average Bonchev–Trinajstić information content (AvgIpc) is 2.81. The van der Waals surface area contributed by atoms with Crippen LogP contribution in [0.1, 0.15) is 11.1 Å². The minimum atomic E-state index is 0.0632. The van der Waals surface area contributed by atoms with Crippen LogP contribution in [-0.2, 0) is 0 Å². The third kappa shape index (κ3) is 1.90. The molecule has 6 heteroatoms. The van der Waals surface area contributed by atoms with Crippen molar-refractivity contribution in [3.05, 3.63) is 42.0 Å². The maximum atomic E-state index is 8.56. The Kier molecular flexibility index (Phi) is 2.87. The number of oxime groups is 1. The quantitative estimate of drug-likeness (QED) is 0.493. The SMILES string of the molecule is Cc1cc(/C(Cl)=N/O)ccc1-n1cncn1. The Morgan fingerprint density at radius 3 is 2.88 bits per heavy atom. The van der Waals surface area contributed by atoms with Gasteiger partial charge in [-0.1, -0.05) is 16.8 Å². The third-order valence-corrected chi connectivity index (χ3v) is 2.48. The van der Waals surface area contributed by atoms with E-state index in [2.05, 4.69) is 15.2 Å². The number of benzene rings is 1. The topological polar surface area (TPSA) is 63.3 Å². The molecule has 1 aromatic carbocycles. The lowest BCUT2D eigenvalue weighted by Crippen LogP contribution is -2.00. The molecule has 2 aromatic rings. The molecule has 0 saturated heterocycles. The molecule has 0 aliphatic carbocycles. The van der Waals surface area contributed by atoms with E-state index < -0.39 is 0 Å². The summed E-state index contributed by atoms with van der Waals surface area (Å²) in [4.78, 5) is 3.88. The van der Waals surface area contributed by atoms with Gasteiger partial charge in [0.05, 0.1) is 5.69 Å². The van der Waals surface area contributed by atoms with Crippen molar-refractivity contribution in [3.8, 4) is 5.69 Å². The van der Waals surface area contributed by atoms with Gasteiger partial charge in [0.25, 0.3) is 0 Å². The maximum Gasteiger partial charge on any atom is 0.175 e. The van der Waals surface area contributed by atoms with Crippen LogP contribution < -0.4 is 0 Å². The summed E-state index contributed by atoms with van der Waals surface area (Å²) in [5.41, 5.74) is 2.53. The van der Waals surface area contributed by atoms with Crippen LogP contribution >= 0.6 is 11.6 Å². The Labute approximate surface area is 97.0 Å². The van der Waals surface area contributed by atoms with Gasteiger partial charge in [-0.3, -0.25) is 0 Å². The highest BCUT2D eigenvalue weighted by molar-refractivity contribution is 6.69. The predicted molar refractivity (Wildman–Crippen MR) is 60.3 cm³/mol. The summed E-state index contributed by atoms with van der Waals surface area (Å²) in [6, 6.07) is 5.41. The first-order chi connectivity index (χ1) is 7.72. The van der Waals surface area contributed by atoms with Gasteiger partial charge in [0, 0.05) is 5.56 Å². The van der Waals surface area contributed by atoms with E-state index in [9.17, 15) is 0 Å². The molecule has 0 amide bonds. The molecule has 0 radical (unpaired) electrons. The zero-order chi connectivity index (χ0) is 11.5. The lowest BCUT2D eigenvalue weighted by atomic mass is 10.1. The van der Waals surface area contributed by atoms with Crippen molar-refractivity contribution >= 4 is 16.8 Å². The first kappa shape index (κ1) is 10.6. The van der Waals surface area contributed by atoms with Crippen LogP contribution in [0.3, 0.4) is 0 Å². The maximum absolute atomic E-state index is 8.56. The summed E-state index contributed by atoms with van der Waals surface area (Å²) in [5, 5.41) is 15.6. The Hall–Kier alpha value is -1.88. The fourth-order valence-electron chi connectivity index (χ4n) is 1.43. The number of hydrogen-bond donors (Lipinski definition) is 1. The van der Waals surface area contributed by atoms with Crippen molar-refractivity contribution in [2.75, 3.05) is 0 Å². The smallest absolute Gasteiger partial charge is 0.175 e. The zero-order valence-electron chi connectivity index (χ0n) is 8.50. The fourth-order valence-corrected chi connectivity index (χ4v) is 1.55. The highest BCUT2D eigenvalue weighted by Gasteiger charge is 2.06. The van der Waals surface area contributed by atoms with Gasteiger partial charge in [-0.25, -0.2) is 9.67 Å². The molecule has 1 N–H and O–H groups in total. The fraction of sp³-hybridized carbons (Fsp3) is 0.100. The Bertz CT molecular complexity index is 522. The lowest BCUT2D eigenvalue weighted by Gasteiger charge is -2.06. The van der Waals surface area contributed by atoms with E-state index in [4.69, 9.17) is 16.8 Å². The van der Waals surface area contributed by atoms with Crippen molar-refractivity contribution in [1.29, 1.82) is 0 Å². The number of rotatable bonds is 2. The van der Waals surface area contributed by atoms with Crippen LogP contribution in [0.25, 0.3) is 5.69 Å². The Morgan fingerprint density at radius 1 is 1.50 bits per heavy atom. The summed E-state index contributed by atoms with van der Waals surface area (Å²) in [6.45, 7) is 1.92. The number of halogens is 1. The molecule has 0 aliphatic rings. The summed E-state index contributed by atoms with van der Waals surface area (Å²) in [5.74, 6) is 0.